The molecule has 0 amide bonds. The van der Waals surface area contributed by atoms with E-state index in [-0.39, 0.29) is 17.1 Å². The van der Waals surface area contributed by atoms with Crippen molar-refractivity contribution in [3.63, 3.8) is 0 Å². The summed E-state index contributed by atoms with van der Waals surface area (Å²) >= 11 is 0. The Morgan fingerprint density at radius 2 is 1.94 bits per heavy atom. The maximum Gasteiger partial charge on any atom is 0.157 e. The van der Waals surface area contributed by atoms with Gasteiger partial charge in [-0.3, -0.25) is 0 Å². The minimum Gasteiger partial charge on any atom is -0.377 e. The zero-order chi connectivity index (χ0) is 13.8. The fourth-order valence-electron chi connectivity index (χ4n) is 2.14. The zero-order valence-corrected chi connectivity index (χ0v) is 12.8. The standard InChI is InChI=1S/C13H27NO3S/c1-11-12(5-9-17-11)18(15,16)10-8-14-7-6-13(2,3)4/h11-12,14H,5-10H2,1-4H3. The van der Waals surface area contributed by atoms with E-state index < -0.39 is 9.84 Å². The van der Waals surface area contributed by atoms with Gasteiger partial charge in [0.2, 0.25) is 0 Å². The van der Waals surface area contributed by atoms with Gasteiger partial charge in [0, 0.05) is 13.2 Å². The van der Waals surface area contributed by atoms with Gasteiger partial charge in [0.15, 0.2) is 9.84 Å². The molecule has 1 saturated heterocycles. The topological polar surface area (TPSA) is 55.4 Å². The molecule has 0 spiro atoms. The maximum atomic E-state index is 12.1. The highest BCUT2D eigenvalue weighted by atomic mass is 32.2. The first kappa shape index (κ1) is 15.9. The van der Waals surface area contributed by atoms with Gasteiger partial charge in [-0.1, -0.05) is 20.8 Å². The molecule has 1 N–H and O–H groups in total. The van der Waals surface area contributed by atoms with Gasteiger partial charge in [0.05, 0.1) is 17.1 Å². The Morgan fingerprint density at radius 1 is 1.28 bits per heavy atom. The Morgan fingerprint density at radius 3 is 2.44 bits per heavy atom. The third-order valence-electron chi connectivity index (χ3n) is 3.38. The van der Waals surface area contributed by atoms with E-state index >= 15 is 0 Å². The first-order valence-electron chi connectivity index (χ1n) is 6.76. The molecule has 1 heterocycles. The summed E-state index contributed by atoms with van der Waals surface area (Å²) in [6.45, 7) is 10.4. The van der Waals surface area contributed by atoms with E-state index in [0.29, 0.717) is 25.0 Å². The van der Waals surface area contributed by atoms with Gasteiger partial charge in [-0.15, -0.1) is 0 Å². The van der Waals surface area contributed by atoms with Gasteiger partial charge in [-0.2, -0.15) is 0 Å². The molecule has 0 aliphatic carbocycles. The van der Waals surface area contributed by atoms with Gasteiger partial charge in [-0.25, -0.2) is 8.42 Å². The average Bonchev–Trinajstić information content (AvgIpc) is 2.62. The summed E-state index contributed by atoms with van der Waals surface area (Å²) in [7, 11) is -3.01. The molecule has 2 atom stereocenters. The van der Waals surface area contributed by atoms with Crippen LogP contribution in [0.5, 0.6) is 0 Å². The lowest BCUT2D eigenvalue weighted by molar-refractivity contribution is 0.126. The number of nitrogens with one attached hydrogen (secondary N) is 1. The molecule has 2 unspecified atom stereocenters. The molecule has 1 fully saturated rings. The lowest BCUT2D eigenvalue weighted by atomic mass is 9.92. The number of hydrogen-bond acceptors (Lipinski definition) is 4. The Hall–Kier alpha value is -0.130. The highest BCUT2D eigenvalue weighted by Gasteiger charge is 2.35. The average molecular weight is 277 g/mol. The van der Waals surface area contributed by atoms with Crippen molar-refractivity contribution in [3.05, 3.63) is 0 Å². The molecule has 0 bridgehead atoms. The Balaban J connectivity index is 2.26. The Labute approximate surface area is 111 Å². The van der Waals surface area contributed by atoms with Gasteiger partial charge in [-0.05, 0) is 31.7 Å². The van der Waals surface area contributed by atoms with Crippen LogP contribution in [0, 0.1) is 5.41 Å². The van der Waals surface area contributed by atoms with Crippen molar-refractivity contribution in [2.45, 2.75) is 51.9 Å². The van der Waals surface area contributed by atoms with E-state index in [4.69, 9.17) is 4.74 Å². The zero-order valence-electron chi connectivity index (χ0n) is 12.0. The summed E-state index contributed by atoms with van der Waals surface area (Å²) in [5.74, 6) is 0.218. The first-order valence-corrected chi connectivity index (χ1v) is 8.48. The second kappa shape index (κ2) is 6.35. The van der Waals surface area contributed by atoms with Crippen LogP contribution in [0.25, 0.3) is 0 Å². The summed E-state index contributed by atoms with van der Waals surface area (Å²) in [6.07, 6.45) is 1.55. The minimum absolute atomic E-state index is 0.149. The highest BCUT2D eigenvalue weighted by Crippen LogP contribution is 2.21. The van der Waals surface area contributed by atoms with Crippen LogP contribution >= 0.6 is 0 Å². The van der Waals surface area contributed by atoms with Crippen molar-refractivity contribution >= 4 is 9.84 Å². The molecule has 0 aromatic heterocycles. The van der Waals surface area contributed by atoms with Crippen LogP contribution in [0.15, 0.2) is 0 Å². The molecular formula is C13H27NO3S. The predicted octanol–water partition coefficient (Wildman–Crippen LogP) is 1.60. The predicted molar refractivity (Wildman–Crippen MR) is 74.5 cm³/mol. The molecular weight excluding hydrogens is 250 g/mol. The second-order valence-electron chi connectivity index (χ2n) is 6.33. The van der Waals surface area contributed by atoms with Crippen molar-refractivity contribution < 1.29 is 13.2 Å². The van der Waals surface area contributed by atoms with E-state index in [1.807, 2.05) is 6.92 Å². The SMILES string of the molecule is CC1OCCC1S(=O)(=O)CCNCCC(C)(C)C. The summed E-state index contributed by atoms with van der Waals surface area (Å²) in [4.78, 5) is 0. The largest absolute Gasteiger partial charge is 0.377 e. The third kappa shape index (κ3) is 5.24. The van der Waals surface area contributed by atoms with E-state index in [9.17, 15) is 8.42 Å². The van der Waals surface area contributed by atoms with E-state index in [1.54, 1.807) is 0 Å². The Kier molecular flexibility index (Phi) is 5.62. The molecule has 0 saturated carbocycles. The molecule has 1 aliphatic heterocycles. The number of sulfone groups is 1. The van der Waals surface area contributed by atoms with Crippen molar-refractivity contribution in [1.29, 1.82) is 0 Å². The summed E-state index contributed by atoms with van der Waals surface area (Å²) in [5, 5.41) is 2.91. The smallest absolute Gasteiger partial charge is 0.157 e. The highest BCUT2D eigenvalue weighted by molar-refractivity contribution is 7.92. The van der Waals surface area contributed by atoms with Gasteiger partial charge < -0.3 is 10.1 Å². The minimum atomic E-state index is -3.01. The Bertz CT molecular complexity index is 346. The van der Waals surface area contributed by atoms with Crippen molar-refractivity contribution in [2.24, 2.45) is 5.41 Å². The van der Waals surface area contributed by atoms with Crippen LogP contribution in [0.2, 0.25) is 0 Å². The number of hydrogen-bond donors (Lipinski definition) is 1. The lowest BCUT2D eigenvalue weighted by Gasteiger charge is -2.19. The molecule has 18 heavy (non-hydrogen) atoms. The number of ether oxygens (including phenoxy) is 1. The monoisotopic (exact) mass is 277 g/mol. The van der Waals surface area contributed by atoms with Crippen molar-refractivity contribution in [2.75, 3.05) is 25.4 Å². The van der Waals surface area contributed by atoms with Crippen LogP contribution < -0.4 is 5.32 Å². The van der Waals surface area contributed by atoms with Crippen LogP contribution in [0.3, 0.4) is 0 Å². The van der Waals surface area contributed by atoms with Crippen molar-refractivity contribution in [1.82, 2.24) is 5.32 Å². The van der Waals surface area contributed by atoms with Crippen LogP contribution in [-0.2, 0) is 14.6 Å². The maximum absolute atomic E-state index is 12.1. The van der Waals surface area contributed by atoms with Gasteiger partial charge >= 0.3 is 0 Å². The molecule has 1 aliphatic rings. The molecule has 5 heteroatoms. The van der Waals surface area contributed by atoms with Crippen LogP contribution in [0.1, 0.15) is 40.5 Å². The molecule has 1 rings (SSSR count). The van der Waals surface area contributed by atoms with Gasteiger partial charge in [0.1, 0.15) is 0 Å². The number of rotatable bonds is 6. The van der Waals surface area contributed by atoms with Crippen LogP contribution in [0.4, 0.5) is 0 Å². The van der Waals surface area contributed by atoms with E-state index in [1.165, 1.54) is 0 Å². The first-order chi connectivity index (χ1) is 8.22. The molecule has 0 radical (unpaired) electrons. The molecule has 4 nitrogen and oxygen atoms in total. The summed E-state index contributed by atoms with van der Waals surface area (Å²) < 4.78 is 29.5. The fourth-order valence-corrected chi connectivity index (χ4v) is 3.99. The second-order valence-corrected chi connectivity index (χ2v) is 8.67. The van der Waals surface area contributed by atoms with Gasteiger partial charge in [0.25, 0.3) is 0 Å². The lowest BCUT2D eigenvalue weighted by Crippen LogP contribution is -2.34. The summed E-state index contributed by atoms with van der Waals surface area (Å²) in [5.41, 5.74) is 0.291. The molecule has 0 aromatic carbocycles. The quantitative estimate of drug-likeness (QED) is 0.749. The summed E-state index contributed by atoms with van der Waals surface area (Å²) in [6, 6.07) is 0. The normalized spacial score (nSPS) is 25.6. The fraction of sp³-hybridized carbons (Fsp3) is 1.00. The van der Waals surface area contributed by atoms with E-state index in [0.717, 1.165) is 13.0 Å². The molecule has 108 valence electrons. The molecule has 0 aromatic rings. The van der Waals surface area contributed by atoms with E-state index in [2.05, 4.69) is 26.1 Å². The third-order valence-corrected chi connectivity index (χ3v) is 5.70. The van der Waals surface area contributed by atoms with Crippen molar-refractivity contribution in [3.8, 4) is 0 Å². The van der Waals surface area contributed by atoms with Crippen LogP contribution in [-0.4, -0.2) is 45.2 Å².